The van der Waals surface area contributed by atoms with Crippen molar-refractivity contribution in [3.63, 3.8) is 0 Å². The molecular weight excluding hydrogens is 348 g/mol. The summed E-state index contributed by atoms with van der Waals surface area (Å²) >= 11 is 0. The minimum Gasteiger partial charge on any atom is -0.341 e. The molecule has 0 aliphatic heterocycles. The van der Waals surface area contributed by atoms with Crippen LogP contribution in [0.5, 0.6) is 0 Å². The molecule has 1 N–H and O–H groups in total. The second-order valence-electron chi connectivity index (χ2n) is 6.28. The van der Waals surface area contributed by atoms with E-state index in [-0.39, 0.29) is 10.8 Å². The molecule has 0 spiro atoms. The summed E-state index contributed by atoms with van der Waals surface area (Å²) in [5.74, 6) is 0.0650. The van der Waals surface area contributed by atoms with Gasteiger partial charge in [0.05, 0.1) is 4.90 Å². The van der Waals surface area contributed by atoms with Crippen LogP contribution in [0.15, 0.2) is 59.5 Å². The van der Waals surface area contributed by atoms with Crippen LogP contribution >= 0.6 is 0 Å². The van der Waals surface area contributed by atoms with Crippen molar-refractivity contribution in [2.24, 2.45) is 0 Å². The summed E-state index contributed by atoms with van der Waals surface area (Å²) in [6.07, 6.45) is 1.72. The molecule has 0 atom stereocenters. The molecule has 2 aromatic rings. The maximum Gasteiger partial charge on any atom is 0.240 e. The fraction of sp³-hybridized carbons (Fsp3) is 0.350. The summed E-state index contributed by atoms with van der Waals surface area (Å²) in [6.45, 7) is 2.92. The normalized spacial score (nSPS) is 11.3. The highest BCUT2D eigenvalue weighted by molar-refractivity contribution is 7.89. The third kappa shape index (κ3) is 5.97. The molecule has 26 heavy (non-hydrogen) atoms. The molecule has 0 radical (unpaired) electrons. The van der Waals surface area contributed by atoms with E-state index in [1.807, 2.05) is 37.3 Å². The summed E-state index contributed by atoms with van der Waals surface area (Å²) in [4.78, 5) is 14.2. The number of carbonyl (C=O) groups excluding carboxylic acids is 1. The maximum absolute atomic E-state index is 12.3. The van der Waals surface area contributed by atoms with Crippen LogP contribution in [-0.4, -0.2) is 32.8 Å². The van der Waals surface area contributed by atoms with Gasteiger partial charge in [0.15, 0.2) is 0 Å². The van der Waals surface area contributed by atoms with E-state index < -0.39 is 10.0 Å². The molecule has 0 unspecified atom stereocenters. The van der Waals surface area contributed by atoms with Gasteiger partial charge in [0.25, 0.3) is 0 Å². The Kier molecular flexibility index (Phi) is 7.36. The highest BCUT2D eigenvalue weighted by Crippen LogP contribution is 2.13. The number of rotatable bonds is 9. The van der Waals surface area contributed by atoms with Crippen molar-refractivity contribution >= 4 is 15.9 Å². The van der Waals surface area contributed by atoms with E-state index >= 15 is 0 Å². The number of hydrogen-bond acceptors (Lipinski definition) is 3. The van der Waals surface area contributed by atoms with Crippen molar-refractivity contribution in [2.45, 2.75) is 37.6 Å². The fourth-order valence-electron chi connectivity index (χ4n) is 2.54. The molecule has 140 valence electrons. The zero-order valence-electron chi connectivity index (χ0n) is 15.3. The molecule has 0 aliphatic rings. The molecule has 0 fully saturated rings. The lowest BCUT2D eigenvalue weighted by molar-refractivity contribution is -0.130. The predicted molar refractivity (Wildman–Crippen MR) is 103 cm³/mol. The molecule has 0 aliphatic carbocycles. The van der Waals surface area contributed by atoms with Crippen LogP contribution in [0.25, 0.3) is 0 Å². The van der Waals surface area contributed by atoms with E-state index in [9.17, 15) is 13.2 Å². The Morgan fingerprint density at radius 2 is 1.65 bits per heavy atom. The average molecular weight is 375 g/mol. The van der Waals surface area contributed by atoms with E-state index in [4.69, 9.17) is 0 Å². The van der Waals surface area contributed by atoms with Gasteiger partial charge in [-0.1, -0.05) is 49.4 Å². The second-order valence-corrected chi connectivity index (χ2v) is 8.04. The first kappa shape index (κ1) is 20.1. The topological polar surface area (TPSA) is 66.5 Å². The zero-order chi connectivity index (χ0) is 19.0. The average Bonchev–Trinajstić information content (AvgIpc) is 2.65. The Hall–Kier alpha value is -2.18. The lowest BCUT2D eigenvalue weighted by atomic mass is 10.1. The van der Waals surface area contributed by atoms with Crippen molar-refractivity contribution in [3.8, 4) is 0 Å². The molecule has 2 aromatic carbocycles. The quantitative estimate of drug-likeness (QED) is 0.734. The lowest BCUT2D eigenvalue weighted by Crippen LogP contribution is -2.26. The SMILES string of the molecule is CCCNS(=O)(=O)c1ccc(CCC(=O)N(C)Cc2ccccc2)cc1. The fourth-order valence-corrected chi connectivity index (χ4v) is 3.68. The Morgan fingerprint density at radius 3 is 2.27 bits per heavy atom. The first-order valence-corrected chi connectivity index (χ1v) is 10.3. The molecule has 0 heterocycles. The predicted octanol–water partition coefficient (Wildman–Crippen LogP) is 2.97. The van der Waals surface area contributed by atoms with Gasteiger partial charge in [0.1, 0.15) is 0 Å². The van der Waals surface area contributed by atoms with Crippen LogP contribution in [0.3, 0.4) is 0 Å². The summed E-state index contributed by atoms with van der Waals surface area (Å²) in [6, 6.07) is 16.6. The number of sulfonamides is 1. The van der Waals surface area contributed by atoms with E-state index in [2.05, 4.69) is 4.72 Å². The third-order valence-electron chi connectivity index (χ3n) is 4.09. The van der Waals surface area contributed by atoms with Crippen molar-refractivity contribution in [2.75, 3.05) is 13.6 Å². The number of carbonyl (C=O) groups is 1. The maximum atomic E-state index is 12.3. The molecule has 2 rings (SSSR count). The van der Waals surface area contributed by atoms with Crippen LogP contribution < -0.4 is 4.72 Å². The van der Waals surface area contributed by atoms with Crippen LogP contribution in [0, 0.1) is 0 Å². The number of benzene rings is 2. The van der Waals surface area contributed by atoms with Gasteiger partial charge in [-0.2, -0.15) is 0 Å². The molecule has 5 nitrogen and oxygen atoms in total. The standard InChI is InChI=1S/C20H26N2O3S/c1-3-15-21-26(24,25)19-12-9-17(10-13-19)11-14-20(23)22(2)16-18-7-5-4-6-8-18/h4-10,12-13,21H,3,11,14-16H2,1-2H3. The Labute approximate surface area is 156 Å². The summed E-state index contributed by atoms with van der Waals surface area (Å²) in [5, 5.41) is 0. The van der Waals surface area contributed by atoms with Crippen LogP contribution in [-0.2, 0) is 27.8 Å². The Morgan fingerprint density at radius 1 is 1.00 bits per heavy atom. The van der Waals surface area contributed by atoms with Gasteiger partial charge in [-0.25, -0.2) is 13.1 Å². The monoisotopic (exact) mass is 374 g/mol. The van der Waals surface area contributed by atoms with Crippen LogP contribution in [0.4, 0.5) is 0 Å². The van der Waals surface area contributed by atoms with Crippen LogP contribution in [0.1, 0.15) is 30.9 Å². The second kappa shape index (κ2) is 9.50. The van der Waals surface area contributed by atoms with Crippen molar-refractivity contribution in [1.82, 2.24) is 9.62 Å². The van der Waals surface area contributed by atoms with Gasteiger partial charge in [-0.3, -0.25) is 4.79 Å². The first-order chi connectivity index (χ1) is 12.4. The highest BCUT2D eigenvalue weighted by Gasteiger charge is 2.13. The number of nitrogens with one attached hydrogen (secondary N) is 1. The molecule has 0 saturated carbocycles. The number of hydrogen-bond donors (Lipinski definition) is 1. The molecule has 6 heteroatoms. The van der Waals surface area contributed by atoms with E-state index in [1.54, 1.807) is 36.2 Å². The van der Waals surface area contributed by atoms with Crippen molar-refractivity contribution in [1.29, 1.82) is 0 Å². The van der Waals surface area contributed by atoms with Gasteiger partial charge >= 0.3 is 0 Å². The van der Waals surface area contributed by atoms with Gasteiger partial charge in [-0.05, 0) is 36.1 Å². The summed E-state index contributed by atoms with van der Waals surface area (Å²) in [7, 11) is -1.65. The zero-order valence-corrected chi connectivity index (χ0v) is 16.1. The van der Waals surface area contributed by atoms with Gasteiger partial charge in [0.2, 0.25) is 15.9 Å². The molecule has 0 bridgehead atoms. The molecular formula is C20H26N2O3S. The Balaban J connectivity index is 1.88. The smallest absolute Gasteiger partial charge is 0.240 e. The van der Waals surface area contributed by atoms with Crippen molar-refractivity contribution < 1.29 is 13.2 Å². The highest BCUT2D eigenvalue weighted by atomic mass is 32.2. The largest absolute Gasteiger partial charge is 0.341 e. The number of amides is 1. The first-order valence-electron chi connectivity index (χ1n) is 8.79. The molecule has 0 saturated heterocycles. The van der Waals surface area contributed by atoms with E-state index in [0.29, 0.717) is 25.9 Å². The summed E-state index contributed by atoms with van der Waals surface area (Å²) < 4.78 is 26.7. The summed E-state index contributed by atoms with van der Waals surface area (Å²) in [5.41, 5.74) is 2.04. The Bertz CT molecular complexity index is 803. The van der Waals surface area contributed by atoms with Gasteiger partial charge < -0.3 is 4.90 Å². The third-order valence-corrected chi connectivity index (χ3v) is 5.57. The minimum absolute atomic E-state index is 0.0650. The van der Waals surface area contributed by atoms with Crippen molar-refractivity contribution in [3.05, 3.63) is 65.7 Å². The van der Waals surface area contributed by atoms with Gasteiger partial charge in [0, 0.05) is 26.6 Å². The number of nitrogens with zero attached hydrogens (tertiary/aromatic N) is 1. The van der Waals surface area contributed by atoms with Crippen LogP contribution in [0.2, 0.25) is 0 Å². The van der Waals surface area contributed by atoms with Gasteiger partial charge in [-0.15, -0.1) is 0 Å². The molecule has 0 aromatic heterocycles. The number of aryl methyl sites for hydroxylation is 1. The van der Waals surface area contributed by atoms with E-state index in [1.165, 1.54) is 0 Å². The lowest BCUT2D eigenvalue weighted by Gasteiger charge is -2.17. The molecule has 1 amide bonds. The minimum atomic E-state index is -3.44. The van der Waals surface area contributed by atoms with E-state index in [0.717, 1.165) is 17.5 Å².